The highest BCUT2D eigenvalue weighted by molar-refractivity contribution is 5.83. The van der Waals surface area contributed by atoms with E-state index < -0.39 is 0 Å². The molecule has 1 N–H and O–H groups in total. The molecule has 0 spiro atoms. The first kappa shape index (κ1) is 23.4. The van der Waals surface area contributed by atoms with Gasteiger partial charge in [-0.05, 0) is 37.5 Å². The first-order valence-electron chi connectivity index (χ1n) is 11.4. The van der Waals surface area contributed by atoms with Crippen molar-refractivity contribution in [2.24, 2.45) is 0 Å². The zero-order valence-corrected chi connectivity index (χ0v) is 20.0. The summed E-state index contributed by atoms with van der Waals surface area (Å²) in [5.41, 5.74) is 2.94. The largest absolute Gasteiger partial charge is 0.493 e. The smallest absolute Gasteiger partial charge is 0.291 e. The maximum atomic E-state index is 13.0. The van der Waals surface area contributed by atoms with Gasteiger partial charge in [-0.1, -0.05) is 13.0 Å². The van der Waals surface area contributed by atoms with Gasteiger partial charge < -0.3 is 19.2 Å². The lowest BCUT2D eigenvalue weighted by Crippen LogP contribution is -2.29. The molecule has 34 heavy (non-hydrogen) atoms. The normalized spacial score (nSPS) is 11.3. The highest BCUT2D eigenvalue weighted by Crippen LogP contribution is 2.27. The molecular weight excluding hydrogens is 436 g/mol. The van der Waals surface area contributed by atoms with Gasteiger partial charge in [0.2, 0.25) is 5.91 Å². The van der Waals surface area contributed by atoms with Crippen molar-refractivity contribution in [2.75, 3.05) is 20.8 Å². The molecule has 0 fully saturated rings. The number of hydrogen-bond donors (Lipinski definition) is 1. The van der Waals surface area contributed by atoms with E-state index in [1.807, 2.05) is 42.5 Å². The molecule has 0 bridgehead atoms. The number of methoxy groups -OCH3 is 2. The van der Waals surface area contributed by atoms with Crippen molar-refractivity contribution in [3.8, 4) is 11.5 Å². The van der Waals surface area contributed by atoms with Crippen LogP contribution >= 0.6 is 0 Å². The molecule has 1 aromatic carbocycles. The molecule has 0 atom stereocenters. The fourth-order valence-corrected chi connectivity index (χ4v) is 4.15. The average molecular weight is 467 g/mol. The van der Waals surface area contributed by atoms with Crippen LogP contribution in [0.1, 0.15) is 36.9 Å². The van der Waals surface area contributed by atoms with Crippen molar-refractivity contribution in [1.29, 1.82) is 0 Å². The Morgan fingerprint density at radius 1 is 1.12 bits per heavy atom. The van der Waals surface area contributed by atoms with Crippen molar-refractivity contribution in [1.82, 2.24) is 19.5 Å². The standard InChI is InChI=1S/C25H30N4O5/c1-5-23-27-28(25(31)19-15-21-18(29(19)23)13-16(2)34-21)12-6-7-24(30)26-11-10-17-8-9-20(32-3)22(14-17)33-4/h8-9,13-15H,5-7,10-12H2,1-4H3,(H,26,30). The van der Waals surface area contributed by atoms with Crippen LogP contribution < -0.4 is 20.3 Å². The van der Waals surface area contributed by atoms with E-state index in [9.17, 15) is 9.59 Å². The molecule has 9 nitrogen and oxygen atoms in total. The summed E-state index contributed by atoms with van der Waals surface area (Å²) in [4.78, 5) is 25.3. The van der Waals surface area contributed by atoms with Gasteiger partial charge in [-0.15, -0.1) is 0 Å². The summed E-state index contributed by atoms with van der Waals surface area (Å²) >= 11 is 0. The molecule has 3 heterocycles. The molecule has 180 valence electrons. The molecule has 0 aliphatic rings. The Labute approximate surface area is 197 Å². The zero-order chi connectivity index (χ0) is 24.2. The third kappa shape index (κ3) is 4.64. The second-order valence-corrected chi connectivity index (χ2v) is 8.16. The van der Waals surface area contributed by atoms with Gasteiger partial charge in [-0.25, -0.2) is 4.68 Å². The zero-order valence-electron chi connectivity index (χ0n) is 20.0. The molecule has 0 saturated heterocycles. The number of fused-ring (bicyclic) bond motifs is 3. The molecule has 3 aromatic heterocycles. The van der Waals surface area contributed by atoms with E-state index >= 15 is 0 Å². The minimum Gasteiger partial charge on any atom is -0.493 e. The second kappa shape index (κ2) is 10.0. The monoisotopic (exact) mass is 466 g/mol. The lowest BCUT2D eigenvalue weighted by Gasteiger charge is -2.11. The summed E-state index contributed by atoms with van der Waals surface area (Å²) in [5, 5.41) is 7.49. The van der Waals surface area contributed by atoms with Crippen LogP contribution in [-0.2, 0) is 24.2 Å². The molecular formula is C25H30N4O5. The summed E-state index contributed by atoms with van der Waals surface area (Å²) in [6.45, 7) is 4.77. The van der Waals surface area contributed by atoms with E-state index in [1.54, 1.807) is 20.3 Å². The SMILES string of the molecule is CCc1nn(CCCC(=O)NCCc2ccc(OC)c(OC)c2)c(=O)c2cc3oc(C)cc3n12. The van der Waals surface area contributed by atoms with Crippen molar-refractivity contribution in [3.63, 3.8) is 0 Å². The lowest BCUT2D eigenvalue weighted by atomic mass is 10.1. The van der Waals surface area contributed by atoms with Crippen molar-refractivity contribution < 1.29 is 18.7 Å². The van der Waals surface area contributed by atoms with Crippen LogP contribution in [0.3, 0.4) is 0 Å². The van der Waals surface area contributed by atoms with Gasteiger partial charge in [0, 0.05) is 38.1 Å². The number of hydrogen-bond acceptors (Lipinski definition) is 6. The fraction of sp³-hybridized carbons (Fsp3) is 0.400. The van der Waals surface area contributed by atoms with Crippen LogP contribution in [0.25, 0.3) is 16.6 Å². The van der Waals surface area contributed by atoms with E-state index in [1.165, 1.54) is 4.68 Å². The van der Waals surface area contributed by atoms with Crippen LogP contribution in [0.2, 0.25) is 0 Å². The Morgan fingerprint density at radius 2 is 1.91 bits per heavy atom. The predicted molar refractivity (Wildman–Crippen MR) is 129 cm³/mol. The number of aromatic nitrogens is 3. The van der Waals surface area contributed by atoms with Gasteiger partial charge in [-0.3, -0.25) is 14.0 Å². The predicted octanol–water partition coefficient (Wildman–Crippen LogP) is 3.27. The number of aryl methyl sites for hydroxylation is 3. The van der Waals surface area contributed by atoms with E-state index in [-0.39, 0.29) is 11.5 Å². The Balaban J connectivity index is 1.34. The van der Waals surface area contributed by atoms with E-state index in [0.29, 0.717) is 61.4 Å². The highest BCUT2D eigenvalue weighted by atomic mass is 16.5. The summed E-state index contributed by atoms with van der Waals surface area (Å²) in [7, 11) is 3.19. The topological polar surface area (TPSA) is 100 Å². The number of ether oxygens (including phenoxy) is 2. The lowest BCUT2D eigenvalue weighted by molar-refractivity contribution is -0.121. The van der Waals surface area contributed by atoms with Crippen molar-refractivity contribution in [2.45, 2.75) is 46.1 Å². The molecule has 0 aliphatic carbocycles. The summed E-state index contributed by atoms with van der Waals surface area (Å²) in [6, 6.07) is 9.39. The molecule has 0 saturated carbocycles. The van der Waals surface area contributed by atoms with E-state index in [4.69, 9.17) is 13.9 Å². The second-order valence-electron chi connectivity index (χ2n) is 8.16. The van der Waals surface area contributed by atoms with Crippen molar-refractivity contribution >= 4 is 22.5 Å². The summed E-state index contributed by atoms with van der Waals surface area (Å²) in [5.74, 6) is 2.86. The molecule has 4 rings (SSSR count). The quantitative estimate of drug-likeness (QED) is 0.385. The first-order valence-corrected chi connectivity index (χ1v) is 11.4. The van der Waals surface area contributed by atoms with Gasteiger partial charge in [0.05, 0.1) is 19.7 Å². The fourth-order valence-electron chi connectivity index (χ4n) is 4.15. The highest BCUT2D eigenvalue weighted by Gasteiger charge is 2.16. The van der Waals surface area contributed by atoms with Crippen LogP contribution in [0.4, 0.5) is 0 Å². The molecule has 0 unspecified atom stereocenters. The number of benzene rings is 1. The summed E-state index contributed by atoms with van der Waals surface area (Å²) < 4.78 is 19.6. The summed E-state index contributed by atoms with van der Waals surface area (Å²) in [6.07, 6.45) is 2.18. The number of furan rings is 1. The average Bonchev–Trinajstić information content (AvgIpc) is 3.37. The maximum absolute atomic E-state index is 13.0. The number of amides is 1. The molecule has 4 aromatic rings. The van der Waals surface area contributed by atoms with Crippen molar-refractivity contribution in [3.05, 3.63) is 57.8 Å². The van der Waals surface area contributed by atoms with Crippen LogP contribution in [-0.4, -0.2) is 40.9 Å². The third-order valence-corrected chi connectivity index (χ3v) is 5.83. The Bertz CT molecular complexity index is 1380. The molecule has 0 radical (unpaired) electrons. The molecule has 1 amide bonds. The number of carbonyl (C=O) groups is 1. The van der Waals surface area contributed by atoms with Gasteiger partial charge >= 0.3 is 0 Å². The number of carbonyl (C=O) groups excluding carboxylic acids is 1. The number of nitrogens with zero attached hydrogens (tertiary/aromatic N) is 3. The number of rotatable bonds is 10. The molecule has 9 heteroatoms. The Morgan fingerprint density at radius 3 is 2.65 bits per heavy atom. The minimum absolute atomic E-state index is 0.0546. The maximum Gasteiger partial charge on any atom is 0.291 e. The van der Waals surface area contributed by atoms with Gasteiger partial charge in [0.25, 0.3) is 5.56 Å². The van der Waals surface area contributed by atoms with E-state index in [0.717, 1.165) is 22.7 Å². The van der Waals surface area contributed by atoms with E-state index in [2.05, 4.69) is 10.4 Å². The Kier molecular flexibility index (Phi) is 6.90. The van der Waals surface area contributed by atoms with Crippen LogP contribution in [0, 0.1) is 6.92 Å². The molecule has 0 aliphatic heterocycles. The Hall–Kier alpha value is -3.75. The van der Waals surface area contributed by atoms with Gasteiger partial charge in [0.1, 0.15) is 17.1 Å². The van der Waals surface area contributed by atoms with Gasteiger partial charge in [0.15, 0.2) is 17.1 Å². The van der Waals surface area contributed by atoms with Crippen LogP contribution in [0.15, 0.2) is 39.5 Å². The third-order valence-electron chi connectivity index (χ3n) is 5.83. The van der Waals surface area contributed by atoms with Crippen LogP contribution in [0.5, 0.6) is 11.5 Å². The van der Waals surface area contributed by atoms with Gasteiger partial charge in [-0.2, -0.15) is 5.10 Å². The first-order chi connectivity index (χ1) is 16.4. The number of nitrogens with one attached hydrogen (secondary N) is 1. The minimum atomic E-state index is -0.185.